The Balaban J connectivity index is 1.31. The highest BCUT2D eigenvalue weighted by Gasteiger charge is 2.21. The van der Waals surface area contributed by atoms with E-state index in [1.54, 1.807) is 33.8 Å². The second-order valence-corrected chi connectivity index (χ2v) is 30.8. The highest BCUT2D eigenvalue weighted by Crippen LogP contribution is 2.42. The lowest BCUT2D eigenvalue weighted by atomic mass is 10.1. The SMILES string of the molecule is Cc1cc(NC(=O)Nc2cc(C)c(N=Nc3cc(C)c(N=Nc4ccc(OCCCS(=O)(=O)O)cc4C(=O)O)cc3OCCCS(=O)(=O)O)cc2OCCCS(=O)(=O)O)c(OCCCS(=O)(=O)O)cc1N=Nc1cc(C)c(N=Nc2ccc(OCCCS(=O)(=O)O)cc2C(=O)O)cc1OCCCSO. The summed E-state index contributed by atoms with van der Waals surface area (Å²) in [5.41, 5.74) is 1.29. The summed E-state index contributed by atoms with van der Waals surface area (Å²) >= 11 is 0.589. The molecule has 10 N–H and O–H groups in total. The van der Waals surface area contributed by atoms with E-state index in [0.717, 1.165) is 6.07 Å². The predicted molar refractivity (Wildman–Crippen MR) is 379 cm³/mol. The number of urea groups is 1. The number of anilines is 2. The number of carbonyl (C=O) groups is 3. The quantitative estimate of drug-likeness (QED) is 0.00736. The van der Waals surface area contributed by atoms with Crippen LogP contribution in [0.1, 0.15) is 81.5 Å². The van der Waals surface area contributed by atoms with Gasteiger partial charge in [-0.25, -0.2) is 14.4 Å². The monoisotopic (exact) mass is 1570 g/mol. The van der Waals surface area contributed by atoms with Gasteiger partial charge in [-0.1, -0.05) is 0 Å². The Morgan fingerprint density at radius 3 is 0.933 bits per heavy atom. The van der Waals surface area contributed by atoms with E-state index in [0.29, 0.717) is 46.5 Å². The van der Waals surface area contributed by atoms with Crippen LogP contribution in [0.3, 0.4) is 0 Å². The summed E-state index contributed by atoms with van der Waals surface area (Å²) in [5, 5.41) is 59.8. The molecule has 0 aliphatic rings. The molecule has 0 spiro atoms. The van der Waals surface area contributed by atoms with Crippen LogP contribution < -0.4 is 39.1 Å². The van der Waals surface area contributed by atoms with Gasteiger partial charge in [-0.05, 0) is 161 Å². The lowest BCUT2D eigenvalue weighted by Crippen LogP contribution is -2.21. The molecule has 0 atom stereocenters. The van der Waals surface area contributed by atoms with Gasteiger partial charge in [-0.2, -0.15) is 62.5 Å². The van der Waals surface area contributed by atoms with Crippen molar-refractivity contribution in [2.24, 2.45) is 40.9 Å². The second-order valence-electron chi connectivity index (χ2n) is 22.3. The molecule has 0 aromatic heterocycles. The number of rotatable bonds is 42. The molecule has 0 bridgehead atoms. The maximum Gasteiger partial charge on any atom is 0.338 e. The number of hydrogen-bond donors (Lipinski definition) is 10. The number of carbonyl (C=O) groups excluding carboxylic acids is 1. The summed E-state index contributed by atoms with van der Waals surface area (Å²) in [6, 6.07) is 18.1. The van der Waals surface area contributed by atoms with E-state index in [1.807, 2.05) is 0 Å². The van der Waals surface area contributed by atoms with Gasteiger partial charge in [0.1, 0.15) is 57.2 Å². The molecule has 6 aromatic carbocycles. The minimum atomic E-state index is -4.46. The molecule has 0 aliphatic carbocycles. The number of benzene rings is 6. The van der Waals surface area contributed by atoms with Crippen molar-refractivity contribution in [2.75, 3.05) is 84.8 Å². The Morgan fingerprint density at radius 2 is 0.625 bits per heavy atom. The molecule has 0 radical (unpaired) electrons. The van der Waals surface area contributed by atoms with Crippen molar-refractivity contribution in [3.8, 4) is 34.5 Å². The number of ether oxygens (including phenoxy) is 6. The first-order valence-corrected chi connectivity index (χ1v) is 39.7. The summed E-state index contributed by atoms with van der Waals surface area (Å²) in [6.07, 6.45) is -0.480. The van der Waals surface area contributed by atoms with E-state index in [4.69, 9.17) is 37.5 Å². The Hall–Kier alpha value is -9.41. The van der Waals surface area contributed by atoms with Crippen LogP contribution >= 0.6 is 12.0 Å². The molecule has 6 rings (SSSR count). The van der Waals surface area contributed by atoms with Crippen molar-refractivity contribution in [1.82, 2.24) is 0 Å². The molecule has 37 nitrogen and oxygen atoms in total. The van der Waals surface area contributed by atoms with Crippen LogP contribution in [0.5, 0.6) is 34.5 Å². The van der Waals surface area contributed by atoms with Gasteiger partial charge in [0.2, 0.25) is 0 Å². The largest absolute Gasteiger partial charge is 0.494 e. The highest BCUT2D eigenvalue weighted by atomic mass is 32.2. The number of nitrogens with one attached hydrogen (secondary N) is 2. The Labute approximate surface area is 601 Å². The van der Waals surface area contributed by atoms with Gasteiger partial charge >= 0.3 is 18.0 Å². The lowest BCUT2D eigenvalue weighted by Gasteiger charge is -2.17. The maximum absolute atomic E-state index is 14.2. The first-order valence-electron chi connectivity index (χ1n) is 30.7. The van der Waals surface area contributed by atoms with E-state index in [9.17, 15) is 84.9 Å². The molecule has 0 saturated carbocycles. The van der Waals surface area contributed by atoms with E-state index >= 15 is 0 Å². The Morgan fingerprint density at radius 1 is 0.356 bits per heavy atom. The zero-order chi connectivity index (χ0) is 76.6. The first-order chi connectivity index (χ1) is 48.8. The van der Waals surface area contributed by atoms with Crippen LogP contribution in [0, 0.1) is 27.7 Å². The van der Waals surface area contributed by atoms with Crippen LogP contribution in [0.15, 0.2) is 126 Å². The van der Waals surface area contributed by atoms with Gasteiger partial charge in [-0.15, -0.1) is 20.5 Å². The highest BCUT2D eigenvalue weighted by molar-refractivity contribution is 7.93. The van der Waals surface area contributed by atoms with Crippen LogP contribution in [0.2, 0.25) is 0 Å². The molecular weight excluding hydrogens is 1500 g/mol. The first kappa shape index (κ1) is 83.5. The maximum atomic E-state index is 14.2. The Kier molecular flexibility index (Phi) is 30.8. The number of azo groups is 4. The second kappa shape index (κ2) is 38.4. The average Bonchev–Trinajstić information content (AvgIpc) is 0.823. The third-order valence-electron chi connectivity index (χ3n) is 13.8. The molecule has 0 aliphatic heterocycles. The van der Waals surface area contributed by atoms with Crippen molar-refractivity contribution in [3.05, 3.63) is 118 Å². The molecule has 6 aromatic rings. The summed E-state index contributed by atoms with van der Waals surface area (Å²) in [4.78, 5) is 38.7. The molecular formula is C61H72N10O27S6. The van der Waals surface area contributed by atoms with E-state index in [-0.39, 0.29) is 174 Å². The number of amides is 2. The molecule has 564 valence electrons. The topological polar surface area (TPSA) is 562 Å². The third-order valence-corrected chi connectivity index (χ3v) is 18.3. The third kappa shape index (κ3) is 29.4. The van der Waals surface area contributed by atoms with Crippen molar-refractivity contribution in [3.63, 3.8) is 0 Å². The molecule has 0 fully saturated rings. The molecule has 43 heteroatoms. The lowest BCUT2D eigenvalue weighted by molar-refractivity contribution is 0.0686. The number of carboxylic acid groups (broad SMARTS) is 2. The van der Waals surface area contributed by atoms with Gasteiger partial charge in [-0.3, -0.25) is 22.8 Å². The van der Waals surface area contributed by atoms with Crippen molar-refractivity contribution in [1.29, 1.82) is 0 Å². The summed E-state index contributed by atoms with van der Waals surface area (Å²) < 4.78 is 205. The normalized spacial score (nSPS) is 12.3. The van der Waals surface area contributed by atoms with Crippen LogP contribution in [-0.2, 0) is 50.6 Å². The zero-order valence-corrected chi connectivity index (χ0v) is 60.6. The van der Waals surface area contributed by atoms with Gasteiger partial charge in [0.15, 0.2) is 0 Å². The summed E-state index contributed by atoms with van der Waals surface area (Å²) in [6.45, 7) is 5.15. The van der Waals surface area contributed by atoms with Crippen molar-refractivity contribution in [2.45, 2.75) is 66.2 Å². The molecule has 0 unspecified atom stereocenters. The molecule has 0 heterocycles. The Bertz CT molecular complexity index is 4830. The van der Waals surface area contributed by atoms with Gasteiger partial charge in [0.05, 0.1) is 114 Å². The fourth-order valence-corrected chi connectivity index (χ4v) is 11.5. The summed E-state index contributed by atoms with van der Waals surface area (Å²) in [7, 11) is -21.8. The van der Waals surface area contributed by atoms with Crippen molar-refractivity contribution >= 4 is 137 Å². The molecule has 0 saturated heterocycles. The smallest absolute Gasteiger partial charge is 0.338 e. The van der Waals surface area contributed by atoms with Crippen LogP contribution in [-0.4, -0.2) is 172 Å². The zero-order valence-electron chi connectivity index (χ0n) is 55.7. The number of aryl methyl sites for hydroxylation is 4. The number of carboxylic acids is 2. The fourth-order valence-electron chi connectivity index (χ4n) is 8.80. The van der Waals surface area contributed by atoms with Gasteiger partial charge in [0, 0.05) is 30.0 Å². The number of aromatic carboxylic acids is 2. The van der Waals surface area contributed by atoms with Crippen molar-refractivity contribution < 1.29 is 122 Å². The van der Waals surface area contributed by atoms with E-state index < -0.39 is 97.3 Å². The predicted octanol–water partition coefficient (Wildman–Crippen LogP) is 12.9. The average molecular weight is 1570 g/mol. The van der Waals surface area contributed by atoms with Crippen LogP contribution in [0.4, 0.5) is 61.7 Å². The standard InChI is InChI=1S/C61H72N10O27S6/c1-37-27-51(55(96-18-8-24-102(84,85)86)33-47(37)68-70-53-29-39(3)49(35-57(53)95-15-5-21-99-77)66-64-45-13-11-41(31-43(45)59(72)73)93-16-6-22-100(78,79)80)62-61(76)63-52-28-38(2)48(34-56(52)97-19-9-25-103(87,88)89)69-71-54-30-40(4)50(36-58(54)98-20-10-26-104(90,91)92)67-65-46-14-12-42(32-44(46)60(74)75)94-17-7-23-101(81,82)83/h11-14,27-36,77H,5-10,15-26H2,1-4H3,(H,72,73)(H,74,75)(H2,62,63,76)(H,78,79,80)(H,81,82,83)(H,84,85,86)(H,87,88,89)(H,90,91,92). The minimum absolute atomic E-state index is 0.0116. The molecule has 104 heavy (non-hydrogen) atoms. The summed E-state index contributed by atoms with van der Waals surface area (Å²) in [5.74, 6) is -5.78. The van der Waals surface area contributed by atoms with E-state index in [1.165, 1.54) is 72.8 Å². The fraction of sp³-hybridized carbons (Fsp3) is 0.361. The van der Waals surface area contributed by atoms with Gasteiger partial charge < -0.3 is 53.8 Å². The number of hydrogen-bond acceptors (Lipinski definition) is 29. The minimum Gasteiger partial charge on any atom is -0.494 e. The number of nitrogens with zero attached hydrogens (tertiary/aromatic N) is 8. The van der Waals surface area contributed by atoms with Crippen LogP contribution in [0.25, 0.3) is 0 Å². The van der Waals surface area contributed by atoms with E-state index in [2.05, 4.69) is 51.5 Å². The molecule has 2 amide bonds. The van der Waals surface area contributed by atoms with Gasteiger partial charge in [0.25, 0.3) is 50.6 Å².